The van der Waals surface area contributed by atoms with Gasteiger partial charge in [0.25, 0.3) is 0 Å². The molecule has 6 heteroatoms. The Bertz CT molecular complexity index is 719. The van der Waals surface area contributed by atoms with Gasteiger partial charge >= 0.3 is 11.9 Å². The molecule has 1 aliphatic carbocycles. The van der Waals surface area contributed by atoms with Gasteiger partial charge in [0.05, 0.1) is 24.7 Å². The molecule has 4 atom stereocenters. The first-order chi connectivity index (χ1) is 13.1. The van der Waals surface area contributed by atoms with Crippen molar-refractivity contribution in [2.24, 2.45) is 11.8 Å². The summed E-state index contributed by atoms with van der Waals surface area (Å²) in [7, 11) is 0. The van der Waals surface area contributed by atoms with Crippen LogP contribution in [0.4, 0.5) is 0 Å². The summed E-state index contributed by atoms with van der Waals surface area (Å²) >= 11 is 0. The third kappa shape index (κ3) is 4.43. The van der Waals surface area contributed by atoms with E-state index in [0.717, 1.165) is 5.56 Å². The zero-order valence-corrected chi connectivity index (χ0v) is 17.2. The van der Waals surface area contributed by atoms with Crippen LogP contribution in [0.3, 0.4) is 0 Å². The topological polar surface area (TPSA) is 89.9 Å². The van der Waals surface area contributed by atoms with Gasteiger partial charge in [-0.1, -0.05) is 38.1 Å². The average molecular weight is 390 g/mol. The van der Waals surface area contributed by atoms with Crippen molar-refractivity contribution >= 4 is 17.7 Å². The Hall–Kier alpha value is -2.21. The van der Waals surface area contributed by atoms with Crippen molar-refractivity contribution in [2.75, 3.05) is 13.2 Å². The normalized spacial score (nSPS) is 27.5. The van der Waals surface area contributed by atoms with E-state index in [9.17, 15) is 19.5 Å². The van der Waals surface area contributed by atoms with Crippen LogP contribution in [-0.2, 0) is 23.9 Å². The summed E-state index contributed by atoms with van der Waals surface area (Å²) < 4.78 is 10.3. The van der Waals surface area contributed by atoms with Gasteiger partial charge in [-0.3, -0.25) is 14.4 Å². The first-order valence-corrected chi connectivity index (χ1v) is 9.82. The largest absolute Gasteiger partial charge is 0.466 e. The summed E-state index contributed by atoms with van der Waals surface area (Å²) in [5.41, 5.74) is 0.111. The Morgan fingerprint density at radius 1 is 1.11 bits per heavy atom. The molecular formula is C22H30O6. The van der Waals surface area contributed by atoms with Crippen molar-refractivity contribution < 1.29 is 29.0 Å². The van der Waals surface area contributed by atoms with Crippen LogP contribution in [-0.4, -0.2) is 41.6 Å². The molecule has 28 heavy (non-hydrogen) atoms. The minimum Gasteiger partial charge on any atom is -0.466 e. The van der Waals surface area contributed by atoms with Gasteiger partial charge in [0.1, 0.15) is 5.92 Å². The van der Waals surface area contributed by atoms with Crippen LogP contribution in [0.25, 0.3) is 0 Å². The van der Waals surface area contributed by atoms with Gasteiger partial charge in [0.15, 0.2) is 5.78 Å². The van der Waals surface area contributed by atoms with Crippen molar-refractivity contribution in [3.63, 3.8) is 0 Å². The maximum atomic E-state index is 12.8. The molecule has 0 unspecified atom stereocenters. The lowest BCUT2D eigenvalue weighted by molar-refractivity contribution is -0.172. The molecule has 0 amide bonds. The highest BCUT2D eigenvalue weighted by molar-refractivity contribution is 6.02. The van der Waals surface area contributed by atoms with E-state index >= 15 is 0 Å². The zero-order chi connectivity index (χ0) is 21.1. The lowest BCUT2D eigenvalue weighted by Crippen LogP contribution is -2.55. The van der Waals surface area contributed by atoms with Gasteiger partial charge in [-0.25, -0.2) is 0 Å². The molecule has 6 nitrogen and oxygen atoms in total. The quantitative estimate of drug-likeness (QED) is 0.593. The van der Waals surface area contributed by atoms with Crippen molar-refractivity contribution in [1.82, 2.24) is 0 Å². The molecule has 0 saturated heterocycles. The maximum absolute atomic E-state index is 12.8. The first kappa shape index (κ1) is 22.1. The third-order valence-electron chi connectivity index (χ3n) is 5.34. The minimum atomic E-state index is -1.62. The average Bonchev–Trinajstić information content (AvgIpc) is 2.60. The number of Topliss-reactive ketones (excluding diaryl/α,β-unsaturated/α-hetero) is 1. The van der Waals surface area contributed by atoms with Crippen LogP contribution in [0.5, 0.6) is 0 Å². The Morgan fingerprint density at radius 2 is 1.64 bits per heavy atom. The van der Waals surface area contributed by atoms with Gasteiger partial charge in [-0.2, -0.15) is 0 Å². The summed E-state index contributed by atoms with van der Waals surface area (Å²) in [5, 5.41) is 10.9. The Kier molecular flexibility index (Phi) is 6.99. The van der Waals surface area contributed by atoms with E-state index < -0.39 is 41.1 Å². The monoisotopic (exact) mass is 390 g/mol. The number of hydrogen-bond donors (Lipinski definition) is 1. The second-order valence-corrected chi connectivity index (χ2v) is 7.81. The van der Waals surface area contributed by atoms with Crippen LogP contribution in [0, 0.1) is 11.8 Å². The standard InChI is InChI=1S/C22H30O6/c1-6-27-20(24)18-16(23)12-22(5,26)19(21(25)28-7-2)17(18)15-10-8-14(9-11-15)13(3)4/h8-11,13,17-19,26H,6-7,12H2,1-5H3/t17-,18-,19+,22-/m0/s1. The lowest BCUT2D eigenvalue weighted by Gasteiger charge is -2.43. The molecule has 0 bridgehead atoms. The third-order valence-corrected chi connectivity index (χ3v) is 5.34. The molecule has 154 valence electrons. The Balaban J connectivity index is 2.59. The number of esters is 2. The highest BCUT2D eigenvalue weighted by Gasteiger charge is 2.57. The SMILES string of the molecule is CCOC(=O)[C@H]1C(=O)C[C@](C)(O)[C@@H](C(=O)OCC)[C@H]1c1ccc(C(C)C)cc1. The van der Waals surface area contributed by atoms with Gasteiger partial charge in [0, 0.05) is 12.3 Å². The predicted octanol–water partition coefficient (Wildman–Crippen LogP) is 2.98. The van der Waals surface area contributed by atoms with Crippen molar-refractivity contribution in [3.05, 3.63) is 35.4 Å². The number of rotatable bonds is 6. The van der Waals surface area contributed by atoms with Crippen LogP contribution in [0.15, 0.2) is 24.3 Å². The van der Waals surface area contributed by atoms with Crippen molar-refractivity contribution in [2.45, 2.75) is 58.5 Å². The fraction of sp³-hybridized carbons (Fsp3) is 0.591. The Morgan fingerprint density at radius 3 is 2.14 bits per heavy atom. The van der Waals surface area contributed by atoms with E-state index in [4.69, 9.17) is 9.47 Å². The molecule has 1 fully saturated rings. The molecule has 0 aliphatic heterocycles. The highest BCUT2D eigenvalue weighted by Crippen LogP contribution is 2.46. The molecule has 1 aromatic rings. The van der Waals surface area contributed by atoms with E-state index in [2.05, 4.69) is 13.8 Å². The smallest absolute Gasteiger partial charge is 0.317 e. The van der Waals surface area contributed by atoms with Crippen LogP contribution in [0.1, 0.15) is 64.0 Å². The number of hydrogen-bond acceptors (Lipinski definition) is 6. The predicted molar refractivity (Wildman–Crippen MR) is 104 cm³/mol. The molecule has 1 aromatic carbocycles. The summed E-state index contributed by atoms with van der Waals surface area (Å²) in [6.45, 7) is 9.18. The molecule has 0 heterocycles. The van der Waals surface area contributed by atoms with E-state index in [-0.39, 0.29) is 19.6 Å². The van der Waals surface area contributed by atoms with Crippen LogP contribution < -0.4 is 0 Å². The minimum absolute atomic E-state index is 0.127. The van der Waals surface area contributed by atoms with E-state index in [1.165, 1.54) is 6.92 Å². The van der Waals surface area contributed by atoms with Crippen molar-refractivity contribution in [3.8, 4) is 0 Å². The molecule has 1 N–H and O–H groups in total. The molecule has 2 rings (SSSR count). The zero-order valence-electron chi connectivity index (χ0n) is 17.2. The second-order valence-electron chi connectivity index (χ2n) is 7.81. The summed E-state index contributed by atoms with van der Waals surface area (Å²) in [6, 6.07) is 7.46. The molecular weight excluding hydrogens is 360 g/mol. The fourth-order valence-corrected chi connectivity index (χ4v) is 3.98. The summed E-state index contributed by atoms with van der Waals surface area (Å²) in [4.78, 5) is 38.2. The van der Waals surface area contributed by atoms with Gasteiger partial charge in [-0.15, -0.1) is 0 Å². The highest BCUT2D eigenvalue weighted by atomic mass is 16.5. The molecule has 0 spiro atoms. The molecule has 0 radical (unpaired) electrons. The van der Waals surface area contributed by atoms with Crippen molar-refractivity contribution in [1.29, 1.82) is 0 Å². The summed E-state index contributed by atoms with van der Waals surface area (Å²) in [6.07, 6.45) is -0.305. The van der Waals surface area contributed by atoms with Gasteiger partial charge in [-0.05, 0) is 37.8 Å². The number of ether oxygens (including phenoxy) is 2. The van der Waals surface area contributed by atoms with E-state index in [0.29, 0.717) is 11.5 Å². The van der Waals surface area contributed by atoms with Gasteiger partial charge < -0.3 is 14.6 Å². The van der Waals surface area contributed by atoms with Gasteiger partial charge in [0.2, 0.25) is 0 Å². The number of carbonyl (C=O) groups excluding carboxylic acids is 3. The fourth-order valence-electron chi connectivity index (χ4n) is 3.98. The molecule has 0 aromatic heterocycles. The second kappa shape index (κ2) is 8.86. The van der Waals surface area contributed by atoms with Crippen LogP contribution in [0.2, 0.25) is 0 Å². The number of aliphatic hydroxyl groups is 1. The number of carbonyl (C=O) groups is 3. The number of ketones is 1. The molecule has 1 saturated carbocycles. The Labute approximate surface area is 166 Å². The van der Waals surface area contributed by atoms with E-state index in [1.807, 2.05) is 24.3 Å². The molecule has 1 aliphatic rings. The summed E-state index contributed by atoms with van der Waals surface area (Å²) in [5.74, 6) is -4.46. The first-order valence-electron chi connectivity index (χ1n) is 9.82. The lowest BCUT2D eigenvalue weighted by atomic mass is 9.61. The maximum Gasteiger partial charge on any atom is 0.317 e. The van der Waals surface area contributed by atoms with E-state index in [1.54, 1.807) is 13.8 Å². The van der Waals surface area contributed by atoms with Crippen LogP contribution >= 0.6 is 0 Å². The number of benzene rings is 1.